The zero-order valence-electron chi connectivity index (χ0n) is 9.60. The molecule has 0 atom stereocenters. The highest BCUT2D eigenvalue weighted by Crippen LogP contribution is 2.24. The van der Waals surface area contributed by atoms with Gasteiger partial charge in [0.1, 0.15) is 5.69 Å². The standard InChI is InChI=1S/C12H8BrClN4O/c13-9-6-15-17-11(9)12-18-16-10(19-12)5-7-2-1-3-8(14)4-7/h1-4,6H,5H2,(H,15,17). The zero-order valence-corrected chi connectivity index (χ0v) is 11.9. The van der Waals surface area contributed by atoms with Crippen LogP contribution in [0.2, 0.25) is 5.02 Å². The van der Waals surface area contributed by atoms with Crippen LogP contribution < -0.4 is 0 Å². The summed E-state index contributed by atoms with van der Waals surface area (Å²) in [5.74, 6) is 0.931. The molecule has 0 radical (unpaired) electrons. The first-order chi connectivity index (χ1) is 9.22. The summed E-state index contributed by atoms with van der Waals surface area (Å²) >= 11 is 9.28. The van der Waals surface area contributed by atoms with E-state index in [1.807, 2.05) is 24.3 Å². The van der Waals surface area contributed by atoms with Gasteiger partial charge in [0.2, 0.25) is 5.89 Å². The summed E-state index contributed by atoms with van der Waals surface area (Å²) in [6.45, 7) is 0. The van der Waals surface area contributed by atoms with Crippen LogP contribution in [0.4, 0.5) is 0 Å². The van der Waals surface area contributed by atoms with Crippen molar-refractivity contribution >= 4 is 27.5 Å². The molecule has 5 nitrogen and oxygen atoms in total. The second-order valence-electron chi connectivity index (χ2n) is 3.90. The second-order valence-corrected chi connectivity index (χ2v) is 5.19. The number of H-pyrrole nitrogens is 1. The fourth-order valence-electron chi connectivity index (χ4n) is 1.67. The van der Waals surface area contributed by atoms with Gasteiger partial charge in [0, 0.05) is 5.02 Å². The highest BCUT2D eigenvalue weighted by molar-refractivity contribution is 9.10. The van der Waals surface area contributed by atoms with E-state index in [0.29, 0.717) is 28.9 Å². The summed E-state index contributed by atoms with van der Waals surface area (Å²) < 4.78 is 6.37. The van der Waals surface area contributed by atoms with E-state index in [4.69, 9.17) is 16.0 Å². The first-order valence-corrected chi connectivity index (χ1v) is 6.65. The van der Waals surface area contributed by atoms with Gasteiger partial charge < -0.3 is 4.42 Å². The SMILES string of the molecule is Clc1cccc(Cc2nnc(-c3[nH]ncc3Br)o2)c1. The number of hydrogen-bond acceptors (Lipinski definition) is 4. The molecule has 96 valence electrons. The number of aromatic amines is 1. The molecule has 3 rings (SSSR count). The first kappa shape index (κ1) is 12.4. The first-order valence-electron chi connectivity index (χ1n) is 5.48. The maximum Gasteiger partial charge on any atom is 0.266 e. The molecule has 0 unspecified atom stereocenters. The number of hydrogen-bond donors (Lipinski definition) is 1. The fraction of sp³-hybridized carbons (Fsp3) is 0.0833. The number of halogens is 2. The molecule has 1 N–H and O–H groups in total. The number of nitrogens with one attached hydrogen (secondary N) is 1. The largest absolute Gasteiger partial charge is 0.419 e. The smallest absolute Gasteiger partial charge is 0.266 e. The highest BCUT2D eigenvalue weighted by atomic mass is 79.9. The van der Waals surface area contributed by atoms with Crippen molar-refractivity contribution in [3.05, 3.63) is 51.4 Å². The number of rotatable bonds is 3. The van der Waals surface area contributed by atoms with Crippen molar-refractivity contribution < 1.29 is 4.42 Å². The average Bonchev–Trinajstić information content (AvgIpc) is 2.98. The van der Waals surface area contributed by atoms with Crippen molar-refractivity contribution in [3.8, 4) is 11.6 Å². The molecular weight excluding hydrogens is 332 g/mol. The average molecular weight is 340 g/mol. The van der Waals surface area contributed by atoms with Gasteiger partial charge in [0.05, 0.1) is 17.1 Å². The van der Waals surface area contributed by atoms with Crippen LogP contribution in [0.25, 0.3) is 11.6 Å². The maximum absolute atomic E-state index is 5.93. The summed E-state index contributed by atoms with van der Waals surface area (Å²) in [4.78, 5) is 0. The second kappa shape index (κ2) is 5.14. The van der Waals surface area contributed by atoms with Gasteiger partial charge in [-0.1, -0.05) is 23.7 Å². The minimum Gasteiger partial charge on any atom is -0.419 e. The van der Waals surface area contributed by atoms with Crippen molar-refractivity contribution in [3.63, 3.8) is 0 Å². The highest BCUT2D eigenvalue weighted by Gasteiger charge is 2.13. The van der Waals surface area contributed by atoms with Gasteiger partial charge in [-0.2, -0.15) is 5.10 Å². The molecule has 0 saturated heterocycles. The predicted octanol–water partition coefficient (Wildman–Crippen LogP) is 3.47. The third kappa shape index (κ3) is 2.69. The van der Waals surface area contributed by atoms with Crippen molar-refractivity contribution in [2.45, 2.75) is 6.42 Å². The Labute approximate surface area is 122 Å². The molecule has 0 spiro atoms. The summed E-state index contributed by atoms with van der Waals surface area (Å²) in [6, 6.07) is 7.55. The topological polar surface area (TPSA) is 67.6 Å². The van der Waals surface area contributed by atoms with E-state index in [-0.39, 0.29) is 0 Å². The van der Waals surface area contributed by atoms with E-state index in [1.165, 1.54) is 0 Å². The maximum atomic E-state index is 5.93. The van der Waals surface area contributed by atoms with Gasteiger partial charge >= 0.3 is 0 Å². The third-order valence-corrected chi connectivity index (χ3v) is 3.35. The van der Waals surface area contributed by atoms with Crippen molar-refractivity contribution in [1.29, 1.82) is 0 Å². The van der Waals surface area contributed by atoms with Crippen LogP contribution in [-0.2, 0) is 6.42 Å². The Morgan fingerprint density at radius 2 is 2.21 bits per heavy atom. The predicted molar refractivity (Wildman–Crippen MR) is 73.8 cm³/mol. The van der Waals surface area contributed by atoms with Crippen LogP contribution in [0.5, 0.6) is 0 Å². The molecule has 2 heterocycles. The third-order valence-electron chi connectivity index (χ3n) is 2.52. The molecule has 0 saturated carbocycles. The van der Waals surface area contributed by atoms with Crippen LogP contribution in [0, 0.1) is 0 Å². The summed E-state index contributed by atoms with van der Waals surface area (Å²) in [7, 11) is 0. The molecule has 0 aliphatic carbocycles. The van der Waals surface area contributed by atoms with E-state index < -0.39 is 0 Å². The van der Waals surface area contributed by atoms with E-state index >= 15 is 0 Å². The lowest BCUT2D eigenvalue weighted by atomic mass is 10.1. The van der Waals surface area contributed by atoms with Gasteiger partial charge in [-0.05, 0) is 33.6 Å². The zero-order chi connectivity index (χ0) is 13.2. The summed E-state index contributed by atoms with van der Waals surface area (Å²) in [6.07, 6.45) is 2.18. The normalized spacial score (nSPS) is 10.8. The van der Waals surface area contributed by atoms with E-state index in [2.05, 4.69) is 36.3 Å². The van der Waals surface area contributed by atoms with E-state index in [1.54, 1.807) is 6.20 Å². The monoisotopic (exact) mass is 338 g/mol. The fourth-order valence-corrected chi connectivity index (χ4v) is 2.24. The number of benzene rings is 1. The summed E-state index contributed by atoms with van der Waals surface area (Å²) in [5, 5.41) is 15.4. The van der Waals surface area contributed by atoms with Crippen LogP contribution in [0.3, 0.4) is 0 Å². The molecule has 0 bridgehead atoms. The quantitative estimate of drug-likeness (QED) is 0.793. The van der Waals surface area contributed by atoms with Gasteiger partial charge in [0.25, 0.3) is 5.89 Å². The molecule has 0 aliphatic heterocycles. The minimum absolute atomic E-state index is 0.404. The Bertz CT molecular complexity index is 709. The Morgan fingerprint density at radius 3 is 2.95 bits per heavy atom. The van der Waals surface area contributed by atoms with Crippen LogP contribution in [-0.4, -0.2) is 20.4 Å². The number of aromatic nitrogens is 4. The van der Waals surface area contributed by atoms with Crippen LogP contribution >= 0.6 is 27.5 Å². The molecule has 0 amide bonds. The molecule has 0 fully saturated rings. The molecule has 3 aromatic rings. The molecule has 19 heavy (non-hydrogen) atoms. The Balaban J connectivity index is 1.84. The molecule has 7 heteroatoms. The van der Waals surface area contributed by atoms with Gasteiger partial charge in [-0.3, -0.25) is 5.10 Å². The van der Waals surface area contributed by atoms with Gasteiger partial charge in [-0.15, -0.1) is 10.2 Å². The number of nitrogens with zero attached hydrogens (tertiary/aromatic N) is 3. The molecular formula is C12H8BrClN4O. The Kier molecular flexibility index (Phi) is 3.35. The Hall–Kier alpha value is -1.66. The van der Waals surface area contributed by atoms with Crippen molar-refractivity contribution in [1.82, 2.24) is 20.4 Å². The lowest BCUT2D eigenvalue weighted by Gasteiger charge is -1.97. The van der Waals surface area contributed by atoms with Crippen LogP contribution in [0.15, 0.2) is 39.4 Å². The summed E-state index contributed by atoms with van der Waals surface area (Å²) in [5.41, 5.74) is 1.69. The molecule has 1 aromatic carbocycles. The molecule has 2 aromatic heterocycles. The van der Waals surface area contributed by atoms with Crippen molar-refractivity contribution in [2.24, 2.45) is 0 Å². The van der Waals surface area contributed by atoms with E-state index in [9.17, 15) is 0 Å². The minimum atomic E-state index is 0.404. The molecule has 0 aliphatic rings. The van der Waals surface area contributed by atoms with Crippen molar-refractivity contribution in [2.75, 3.05) is 0 Å². The lowest BCUT2D eigenvalue weighted by molar-refractivity contribution is 0.516. The van der Waals surface area contributed by atoms with E-state index in [0.717, 1.165) is 10.0 Å². The van der Waals surface area contributed by atoms with Crippen LogP contribution in [0.1, 0.15) is 11.5 Å². The lowest BCUT2D eigenvalue weighted by Crippen LogP contribution is -1.87. The van der Waals surface area contributed by atoms with Gasteiger partial charge in [0.15, 0.2) is 0 Å². The Morgan fingerprint density at radius 1 is 1.32 bits per heavy atom. The van der Waals surface area contributed by atoms with Gasteiger partial charge in [-0.25, -0.2) is 0 Å².